The van der Waals surface area contributed by atoms with Gasteiger partial charge >= 0.3 is 162 Å². The number of allylic oxidation sites excluding steroid dienone is 8. The molecule has 0 saturated carbocycles. The van der Waals surface area contributed by atoms with Gasteiger partial charge in [-0.1, -0.05) is 0 Å². The smallest absolute Gasteiger partial charge is 1.00 e. The van der Waals surface area contributed by atoms with Gasteiger partial charge in [0, 0.05) is 0 Å². The molecule has 0 N–H and O–H groups in total. The van der Waals surface area contributed by atoms with E-state index in [1.807, 2.05) is 21.5 Å². The normalized spacial score (nSPS) is 32.7. The van der Waals surface area contributed by atoms with Gasteiger partial charge in [0.05, 0.1) is 0 Å². The summed E-state index contributed by atoms with van der Waals surface area (Å²) in [5.74, 6) is 0. The van der Waals surface area contributed by atoms with Gasteiger partial charge < -0.3 is 24.8 Å². The van der Waals surface area contributed by atoms with Gasteiger partial charge in [-0.05, 0) is 0 Å². The van der Waals surface area contributed by atoms with Crippen molar-refractivity contribution < 1.29 is 45.1 Å². The van der Waals surface area contributed by atoms with Gasteiger partial charge in [-0.2, -0.15) is 0 Å². The Morgan fingerprint density at radius 2 is 1.15 bits per heavy atom. The van der Waals surface area contributed by atoms with Crippen LogP contribution in [0.1, 0.15) is 25.7 Å². The fourth-order valence-electron chi connectivity index (χ4n) is 6.82. The first-order valence-electron chi connectivity index (χ1n) is 10.7. The van der Waals surface area contributed by atoms with E-state index in [-0.39, 0.29) is 24.8 Å². The van der Waals surface area contributed by atoms with Crippen molar-refractivity contribution in [1.82, 2.24) is 0 Å². The zero-order valence-electron chi connectivity index (χ0n) is 17.4. The van der Waals surface area contributed by atoms with Crippen LogP contribution in [0.15, 0.2) is 45.8 Å². The van der Waals surface area contributed by atoms with E-state index in [4.69, 9.17) is 0 Å². The number of hydrogen-bond acceptors (Lipinski definition) is 0. The molecule has 0 aromatic carbocycles. The molecule has 5 heteroatoms. The Morgan fingerprint density at radius 3 is 1.52 bits per heavy atom. The van der Waals surface area contributed by atoms with Crippen LogP contribution < -0.4 is 24.8 Å². The third kappa shape index (κ3) is 3.40. The molecule has 0 bridgehead atoms. The van der Waals surface area contributed by atoms with E-state index in [1.54, 1.807) is 8.26 Å². The maximum absolute atomic E-state index is 2.76. The molecule has 0 aromatic heterocycles. The van der Waals surface area contributed by atoms with Crippen LogP contribution in [0.25, 0.3) is 0 Å². The summed E-state index contributed by atoms with van der Waals surface area (Å²) in [6.45, 7) is 10.5. The maximum atomic E-state index is 2.76. The monoisotopic (exact) mass is 514 g/mol. The van der Waals surface area contributed by atoms with E-state index in [2.05, 4.69) is 50.5 Å². The minimum absolute atomic E-state index is 0. The van der Waals surface area contributed by atoms with Gasteiger partial charge in [0.25, 0.3) is 0 Å². The van der Waals surface area contributed by atoms with Crippen LogP contribution in [0.3, 0.4) is 0 Å². The topological polar surface area (TPSA) is 0 Å². The summed E-state index contributed by atoms with van der Waals surface area (Å²) in [6, 6.07) is 3.06. The Morgan fingerprint density at radius 1 is 0.741 bits per heavy atom. The molecule has 3 heterocycles. The van der Waals surface area contributed by atoms with Gasteiger partial charge in [-0.15, -0.1) is 0 Å². The summed E-state index contributed by atoms with van der Waals surface area (Å²) in [7, 11) is -2.21. The van der Waals surface area contributed by atoms with Crippen molar-refractivity contribution >= 4 is 16.1 Å². The molecule has 1 saturated heterocycles. The first-order chi connectivity index (χ1) is 11.9. The molecular weight excluding hydrogens is 483 g/mol. The van der Waals surface area contributed by atoms with E-state index < -0.39 is 36.4 Å². The summed E-state index contributed by atoms with van der Waals surface area (Å²) < 4.78 is 5.33. The molecule has 5 aliphatic rings. The summed E-state index contributed by atoms with van der Waals surface area (Å²) in [4.78, 5) is 0. The van der Waals surface area contributed by atoms with Crippen LogP contribution in [-0.4, -0.2) is 16.1 Å². The van der Waals surface area contributed by atoms with Gasteiger partial charge in [0.2, 0.25) is 0 Å². The second-order valence-corrected chi connectivity index (χ2v) is 32.0. The summed E-state index contributed by atoms with van der Waals surface area (Å²) >= 11 is -2.07. The molecule has 0 aromatic rings. The molecule has 3 aliphatic heterocycles. The second kappa shape index (κ2) is 7.52. The Balaban J connectivity index is 0.00000105. The van der Waals surface area contributed by atoms with Gasteiger partial charge in [-0.3, -0.25) is 0 Å². The third-order valence-electron chi connectivity index (χ3n) is 8.37. The molecule has 2 aliphatic carbocycles. The van der Waals surface area contributed by atoms with Crippen LogP contribution >= 0.6 is 0 Å². The molecule has 2 atom stereocenters. The van der Waals surface area contributed by atoms with Crippen molar-refractivity contribution in [3.63, 3.8) is 0 Å². The van der Waals surface area contributed by atoms with Crippen LogP contribution in [0, 0.1) is 0 Å². The molecule has 2 unspecified atom stereocenters. The molecule has 5 rings (SSSR count). The van der Waals surface area contributed by atoms with Crippen molar-refractivity contribution in [2.45, 2.75) is 79.5 Å². The molecule has 27 heavy (non-hydrogen) atoms. The fraction of sp³-hybridized carbons (Fsp3) is 0.636. The van der Waals surface area contributed by atoms with E-state index in [9.17, 15) is 0 Å². The van der Waals surface area contributed by atoms with Crippen molar-refractivity contribution in [1.29, 1.82) is 0 Å². The zero-order chi connectivity index (χ0) is 17.4. The SMILES string of the molecule is C[Si]1(C)CCCC2=C1C=C[CH]2[Zr+2]1([CH]2C=CC3=C2CCC[Si]3(C)C)[CH2][CH2]1.[Cl-].[Cl-]. The van der Waals surface area contributed by atoms with Gasteiger partial charge in [0.15, 0.2) is 0 Å². The Labute approximate surface area is 185 Å². The van der Waals surface area contributed by atoms with Crippen LogP contribution in [0.2, 0.25) is 53.8 Å². The van der Waals surface area contributed by atoms with Crippen molar-refractivity contribution in [2.24, 2.45) is 0 Å². The summed E-state index contributed by atoms with van der Waals surface area (Å²) in [6.07, 6.45) is 16.7. The van der Waals surface area contributed by atoms with Crippen LogP contribution in [0.5, 0.6) is 0 Å². The molecule has 0 nitrogen and oxygen atoms in total. The molecule has 0 amide bonds. The average Bonchev–Trinajstić information content (AvgIpc) is 3.01. The Kier molecular flexibility index (Phi) is 6.28. The third-order valence-corrected chi connectivity index (χ3v) is 28.3. The Hall–Kier alpha value is 0.857. The number of halogens is 2. The summed E-state index contributed by atoms with van der Waals surface area (Å²) in [5, 5.41) is 3.81. The van der Waals surface area contributed by atoms with E-state index in [0.29, 0.717) is 0 Å². The molecule has 0 spiro atoms. The molecular formula is C22H34Cl2Si2Zr. The minimum Gasteiger partial charge on any atom is -1.00 e. The average molecular weight is 517 g/mol. The molecule has 1 fully saturated rings. The standard InChI is InChI=1S/2C10H15Si.C2H4.2ClH.Zr/c2*1-11(2)8-4-6-9-5-3-7-10(9)11;1-2;;;/h2*3,5,7H,4,6,8H2,1-2H3;1-2H2;2*1H;/q;;;;;+2/p-2. The number of hydrogen-bond donors (Lipinski definition) is 0. The fourth-order valence-corrected chi connectivity index (χ4v) is 29.7. The first-order valence-corrected chi connectivity index (χ1v) is 23.4. The van der Waals surface area contributed by atoms with Crippen molar-refractivity contribution in [2.75, 3.05) is 0 Å². The van der Waals surface area contributed by atoms with Gasteiger partial charge in [0.1, 0.15) is 0 Å². The predicted octanol–water partition coefficient (Wildman–Crippen LogP) is 1.39. The van der Waals surface area contributed by atoms with E-state index in [1.165, 1.54) is 37.8 Å². The maximum Gasteiger partial charge on any atom is -1.00 e. The van der Waals surface area contributed by atoms with Crippen molar-refractivity contribution in [3.05, 3.63) is 45.8 Å². The molecule has 0 radical (unpaired) electrons. The Bertz CT molecular complexity index is 696. The van der Waals surface area contributed by atoms with Crippen LogP contribution in [0.4, 0.5) is 0 Å². The largest absolute Gasteiger partial charge is 1.00 e. The van der Waals surface area contributed by atoms with E-state index >= 15 is 0 Å². The first kappa shape index (κ1) is 22.5. The van der Waals surface area contributed by atoms with Crippen LogP contribution in [-0.2, 0) is 20.3 Å². The summed E-state index contributed by atoms with van der Waals surface area (Å²) in [5.41, 5.74) is 3.98. The molecule has 148 valence electrons. The van der Waals surface area contributed by atoms with Gasteiger partial charge in [-0.25, -0.2) is 0 Å². The quantitative estimate of drug-likeness (QED) is 0.487. The van der Waals surface area contributed by atoms with Crippen molar-refractivity contribution in [3.8, 4) is 0 Å². The predicted molar refractivity (Wildman–Crippen MR) is 112 cm³/mol. The number of rotatable bonds is 2. The van der Waals surface area contributed by atoms with E-state index in [0.717, 1.165) is 7.25 Å². The zero-order valence-corrected chi connectivity index (χ0v) is 23.3. The second-order valence-electron chi connectivity index (χ2n) is 10.8. The minimum atomic E-state index is -2.07.